The van der Waals surface area contributed by atoms with Gasteiger partial charge in [-0.3, -0.25) is 4.79 Å². The number of aromatic amines is 1. The van der Waals surface area contributed by atoms with Crippen LogP contribution in [0.2, 0.25) is 0 Å². The molecule has 2 heterocycles. The molecule has 1 aliphatic rings. The molecule has 0 bridgehead atoms. The highest BCUT2D eigenvalue weighted by molar-refractivity contribution is 5.98. The molecule has 94 valence electrons. The average Bonchev–Trinajstić information content (AvgIpc) is 2.72. The van der Waals surface area contributed by atoms with Gasteiger partial charge in [0.05, 0.1) is 5.52 Å². The van der Waals surface area contributed by atoms with Gasteiger partial charge in [0.25, 0.3) is 5.91 Å². The lowest BCUT2D eigenvalue weighted by Gasteiger charge is -2.30. The Kier molecular flexibility index (Phi) is 2.58. The third kappa shape index (κ3) is 1.60. The van der Waals surface area contributed by atoms with E-state index in [1.54, 1.807) is 17.0 Å². The topological polar surface area (TPSA) is 36.1 Å². The van der Waals surface area contributed by atoms with Gasteiger partial charge in [0, 0.05) is 18.5 Å². The average molecular weight is 246 g/mol. The van der Waals surface area contributed by atoms with Crippen LogP contribution < -0.4 is 0 Å². The number of H-pyrrole nitrogens is 1. The Morgan fingerprint density at radius 1 is 1.44 bits per heavy atom. The Bertz CT molecular complexity index is 614. The quantitative estimate of drug-likeness (QED) is 0.869. The van der Waals surface area contributed by atoms with Gasteiger partial charge in [-0.1, -0.05) is 19.1 Å². The van der Waals surface area contributed by atoms with Gasteiger partial charge in [-0.15, -0.1) is 0 Å². The number of carbonyl (C=O) groups is 1. The van der Waals surface area contributed by atoms with Gasteiger partial charge in [-0.25, -0.2) is 4.39 Å². The van der Waals surface area contributed by atoms with Gasteiger partial charge in [-0.2, -0.15) is 0 Å². The molecule has 3 nitrogen and oxygen atoms in total. The lowest BCUT2D eigenvalue weighted by molar-refractivity contribution is 0.0646. The van der Waals surface area contributed by atoms with Gasteiger partial charge in [0.2, 0.25) is 0 Å². The van der Waals surface area contributed by atoms with Crippen LogP contribution >= 0.6 is 0 Å². The van der Waals surface area contributed by atoms with Crippen molar-refractivity contribution in [1.29, 1.82) is 0 Å². The number of aryl methyl sites for hydroxylation is 1. The molecule has 1 fully saturated rings. The summed E-state index contributed by atoms with van der Waals surface area (Å²) >= 11 is 0. The van der Waals surface area contributed by atoms with E-state index in [9.17, 15) is 9.18 Å². The summed E-state index contributed by atoms with van der Waals surface area (Å²) in [6.07, 6.45) is 1.70. The third-order valence-corrected chi connectivity index (χ3v) is 3.57. The summed E-state index contributed by atoms with van der Waals surface area (Å²) in [4.78, 5) is 16.7. The molecular formula is C14H15FN2O. The predicted molar refractivity (Wildman–Crippen MR) is 68.2 cm³/mol. The van der Waals surface area contributed by atoms with Crippen LogP contribution in [0.5, 0.6) is 0 Å². The molecular weight excluding hydrogens is 231 g/mol. The fraction of sp³-hybridized carbons (Fsp3) is 0.357. The smallest absolute Gasteiger partial charge is 0.270 e. The van der Waals surface area contributed by atoms with Crippen molar-refractivity contribution < 1.29 is 9.18 Å². The summed E-state index contributed by atoms with van der Waals surface area (Å²) in [5, 5.41) is 0.758. The molecule has 0 radical (unpaired) electrons. The monoisotopic (exact) mass is 246 g/mol. The first-order chi connectivity index (χ1) is 8.70. The molecule has 18 heavy (non-hydrogen) atoms. The van der Waals surface area contributed by atoms with E-state index in [0.29, 0.717) is 23.2 Å². The van der Waals surface area contributed by atoms with Crippen LogP contribution in [0, 0.1) is 5.82 Å². The number of likely N-dealkylation sites (tertiary alicyclic amines) is 1. The highest BCUT2D eigenvalue weighted by Crippen LogP contribution is 2.23. The van der Waals surface area contributed by atoms with Crippen LogP contribution in [-0.2, 0) is 6.42 Å². The van der Waals surface area contributed by atoms with Crippen LogP contribution in [0.15, 0.2) is 18.2 Å². The maximum Gasteiger partial charge on any atom is 0.270 e. The van der Waals surface area contributed by atoms with Crippen molar-refractivity contribution in [2.75, 3.05) is 13.1 Å². The minimum atomic E-state index is -0.238. The lowest BCUT2D eigenvalue weighted by atomic mass is 10.1. The first-order valence-electron chi connectivity index (χ1n) is 6.30. The number of halogens is 1. The number of aromatic nitrogens is 1. The zero-order chi connectivity index (χ0) is 12.7. The van der Waals surface area contributed by atoms with E-state index in [0.717, 1.165) is 24.9 Å². The van der Waals surface area contributed by atoms with Crippen molar-refractivity contribution in [1.82, 2.24) is 9.88 Å². The van der Waals surface area contributed by atoms with Gasteiger partial charge in [-0.05, 0) is 24.5 Å². The molecule has 1 aromatic carbocycles. The molecule has 0 atom stereocenters. The number of rotatable bonds is 2. The Hall–Kier alpha value is -1.84. The molecule has 1 N–H and O–H groups in total. The van der Waals surface area contributed by atoms with Crippen LogP contribution in [0.25, 0.3) is 10.9 Å². The Labute approximate surface area is 105 Å². The Morgan fingerprint density at radius 3 is 2.83 bits per heavy atom. The van der Waals surface area contributed by atoms with Crippen molar-refractivity contribution in [3.8, 4) is 0 Å². The summed E-state index contributed by atoms with van der Waals surface area (Å²) in [7, 11) is 0. The molecule has 1 aliphatic heterocycles. The summed E-state index contributed by atoms with van der Waals surface area (Å²) in [5.41, 5.74) is 1.60. The Morgan fingerprint density at radius 2 is 2.22 bits per heavy atom. The zero-order valence-corrected chi connectivity index (χ0v) is 10.3. The highest BCUT2D eigenvalue weighted by atomic mass is 19.1. The predicted octanol–water partition coefficient (Wildman–Crippen LogP) is 2.72. The lowest BCUT2D eigenvalue weighted by Crippen LogP contribution is -2.42. The number of nitrogens with zero attached hydrogens (tertiary/aromatic N) is 1. The van der Waals surface area contributed by atoms with E-state index in [4.69, 9.17) is 0 Å². The van der Waals surface area contributed by atoms with Gasteiger partial charge in [0.1, 0.15) is 11.5 Å². The molecule has 1 saturated heterocycles. The van der Waals surface area contributed by atoms with Crippen LogP contribution in [0.3, 0.4) is 0 Å². The molecule has 2 aromatic rings. The minimum absolute atomic E-state index is 0.0325. The van der Waals surface area contributed by atoms with Crippen LogP contribution in [0.1, 0.15) is 29.4 Å². The van der Waals surface area contributed by atoms with Crippen LogP contribution in [-0.4, -0.2) is 28.9 Å². The summed E-state index contributed by atoms with van der Waals surface area (Å²) in [6.45, 7) is 3.52. The second-order valence-electron chi connectivity index (χ2n) is 4.69. The molecule has 1 aromatic heterocycles. The van der Waals surface area contributed by atoms with Crippen molar-refractivity contribution in [2.24, 2.45) is 0 Å². The van der Waals surface area contributed by atoms with Crippen molar-refractivity contribution in [2.45, 2.75) is 19.8 Å². The second kappa shape index (κ2) is 4.12. The molecule has 0 aliphatic carbocycles. The third-order valence-electron chi connectivity index (χ3n) is 3.57. The standard InChI is InChI=1S/C14H15FN2O/c1-2-9-4-5-10-8-11(16-13(10)12(9)15)14(18)17-6-3-7-17/h4-5,8,16H,2-3,6-7H2,1H3. The first kappa shape index (κ1) is 11.3. The number of nitrogens with one attached hydrogen (secondary N) is 1. The van der Waals surface area contributed by atoms with Crippen molar-refractivity contribution in [3.05, 3.63) is 35.3 Å². The number of carbonyl (C=O) groups excluding carboxylic acids is 1. The Balaban J connectivity index is 2.05. The number of hydrogen-bond donors (Lipinski definition) is 1. The van der Waals surface area contributed by atoms with Crippen molar-refractivity contribution in [3.63, 3.8) is 0 Å². The van der Waals surface area contributed by atoms with E-state index in [1.807, 2.05) is 13.0 Å². The van der Waals surface area contributed by atoms with E-state index in [2.05, 4.69) is 4.98 Å². The SMILES string of the molecule is CCc1ccc2cc(C(=O)N3CCC3)[nH]c2c1F. The molecule has 0 unspecified atom stereocenters. The number of hydrogen-bond acceptors (Lipinski definition) is 1. The van der Waals surface area contributed by atoms with E-state index in [-0.39, 0.29) is 11.7 Å². The van der Waals surface area contributed by atoms with E-state index >= 15 is 0 Å². The highest BCUT2D eigenvalue weighted by Gasteiger charge is 2.23. The van der Waals surface area contributed by atoms with E-state index in [1.165, 1.54) is 0 Å². The largest absolute Gasteiger partial charge is 0.348 e. The summed E-state index contributed by atoms with van der Waals surface area (Å²) in [5.74, 6) is -0.271. The normalized spacial score (nSPS) is 14.9. The molecule has 0 spiro atoms. The fourth-order valence-corrected chi connectivity index (χ4v) is 2.29. The van der Waals surface area contributed by atoms with E-state index < -0.39 is 0 Å². The zero-order valence-electron chi connectivity index (χ0n) is 10.3. The summed E-state index contributed by atoms with van der Waals surface area (Å²) < 4.78 is 14.1. The molecule has 4 heteroatoms. The van der Waals surface area contributed by atoms with Gasteiger partial charge < -0.3 is 9.88 Å². The number of amides is 1. The van der Waals surface area contributed by atoms with Crippen molar-refractivity contribution >= 4 is 16.8 Å². The number of benzene rings is 1. The molecule has 0 saturated carbocycles. The van der Waals surface area contributed by atoms with Gasteiger partial charge >= 0.3 is 0 Å². The maximum absolute atomic E-state index is 14.1. The summed E-state index contributed by atoms with van der Waals surface area (Å²) in [6, 6.07) is 5.38. The first-order valence-corrected chi connectivity index (χ1v) is 6.30. The fourth-order valence-electron chi connectivity index (χ4n) is 2.29. The van der Waals surface area contributed by atoms with Crippen LogP contribution in [0.4, 0.5) is 4.39 Å². The van der Waals surface area contributed by atoms with Gasteiger partial charge in [0.15, 0.2) is 0 Å². The molecule has 3 rings (SSSR count). The number of fused-ring (bicyclic) bond motifs is 1. The minimum Gasteiger partial charge on any atom is -0.348 e. The second-order valence-corrected chi connectivity index (χ2v) is 4.69. The maximum atomic E-state index is 14.1. The molecule has 1 amide bonds.